The fourth-order valence-electron chi connectivity index (χ4n) is 1.93. The number of hydrogen-bond donors (Lipinski definition) is 3. The van der Waals surface area contributed by atoms with Crippen LogP contribution in [0.25, 0.3) is 0 Å². The fourth-order valence-corrected chi connectivity index (χ4v) is 2.20. The van der Waals surface area contributed by atoms with Crippen molar-refractivity contribution in [3.8, 4) is 0 Å². The molecule has 18 heavy (non-hydrogen) atoms. The third-order valence-electron chi connectivity index (χ3n) is 3.40. The number of carbonyl (C=O) groups excluding carboxylic acids is 1. The first-order valence-corrected chi connectivity index (χ1v) is 6.44. The molecule has 5 heteroatoms. The Balaban J connectivity index is 3.18. The van der Waals surface area contributed by atoms with E-state index in [1.165, 1.54) is 0 Å². The van der Waals surface area contributed by atoms with Gasteiger partial charge < -0.3 is 16.8 Å². The number of amides is 1. The van der Waals surface area contributed by atoms with E-state index in [0.29, 0.717) is 22.8 Å². The maximum absolute atomic E-state index is 11.5. The van der Waals surface area contributed by atoms with Crippen molar-refractivity contribution >= 4 is 23.2 Å². The van der Waals surface area contributed by atoms with E-state index in [2.05, 4.69) is 19.2 Å². The van der Waals surface area contributed by atoms with Gasteiger partial charge in [-0.15, -0.1) is 0 Å². The normalized spacial score (nSPS) is 11.3. The fraction of sp³-hybridized carbons (Fsp3) is 0.462. The van der Waals surface area contributed by atoms with E-state index in [9.17, 15) is 4.79 Å². The second-order valence-electron chi connectivity index (χ2n) is 4.34. The van der Waals surface area contributed by atoms with Gasteiger partial charge in [0.1, 0.15) is 0 Å². The number of primary amides is 1. The molecule has 0 fully saturated rings. The number of rotatable bonds is 6. The molecule has 1 aromatic carbocycles. The van der Waals surface area contributed by atoms with Gasteiger partial charge in [0.15, 0.2) is 0 Å². The molecule has 0 saturated heterocycles. The minimum Gasteiger partial charge on any atom is -0.378 e. The molecule has 0 saturated carbocycles. The third-order valence-corrected chi connectivity index (χ3v) is 3.72. The highest BCUT2D eigenvalue weighted by atomic mass is 35.5. The first kappa shape index (κ1) is 14.8. The molecule has 1 amide bonds. The van der Waals surface area contributed by atoms with Gasteiger partial charge >= 0.3 is 0 Å². The summed E-state index contributed by atoms with van der Waals surface area (Å²) in [4.78, 5) is 11.5. The van der Waals surface area contributed by atoms with Crippen LogP contribution in [0, 0.1) is 0 Å². The molecule has 0 aromatic heterocycles. The summed E-state index contributed by atoms with van der Waals surface area (Å²) in [5.41, 5.74) is 11.9. The number of anilines is 1. The minimum absolute atomic E-state index is 0.241. The van der Waals surface area contributed by atoms with Gasteiger partial charge in [-0.1, -0.05) is 31.5 Å². The van der Waals surface area contributed by atoms with Crippen LogP contribution in [-0.2, 0) is 0 Å². The van der Waals surface area contributed by atoms with E-state index in [4.69, 9.17) is 23.1 Å². The molecule has 1 rings (SSSR count). The van der Waals surface area contributed by atoms with Gasteiger partial charge in [0, 0.05) is 17.8 Å². The van der Waals surface area contributed by atoms with Crippen LogP contribution in [0.1, 0.15) is 37.0 Å². The van der Waals surface area contributed by atoms with Gasteiger partial charge in [0.25, 0.3) is 5.91 Å². The molecule has 0 radical (unpaired) electrons. The molecule has 4 nitrogen and oxygen atoms in total. The summed E-state index contributed by atoms with van der Waals surface area (Å²) in [5.74, 6) is -0.541. The van der Waals surface area contributed by atoms with Gasteiger partial charge in [-0.3, -0.25) is 4.79 Å². The van der Waals surface area contributed by atoms with Gasteiger partial charge in [0.05, 0.1) is 10.6 Å². The monoisotopic (exact) mass is 269 g/mol. The van der Waals surface area contributed by atoms with Crippen LogP contribution < -0.4 is 16.8 Å². The van der Waals surface area contributed by atoms with Crippen LogP contribution >= 0.6 is 11.6 Å². The molecular formula is C13H20ClN3O. The van der Waals surface area contributed by atoms with Crippen molar-refractivity contribution in [2.75, 3.05) is 11.9 Å². The maximum atomic E-state index is 11.5. The Kier molecular flexibility index (Phi) is 4.99. The summed E-state index contributed by atoms with van der Waals surface area (Å²) in [6.45, 7) is 4.58. The van der Waals surface area contributed by atoms with Gasteiger partial charge in [0.2, 0.25) is 0 Å². The molecule has 0 aliphatic carbocycles. The lowest BCUT2D eigenvalue weighted by molar-refractivity contribution is 0.100. The van der Waals surface area contributed by atoms with E-state index in [1.54, 1.807) is 18.2 Å². The smallest absolute Gasteiger partial charge is 0.252 e. The molecular weight excluding hydrogens is 250 g/mol. The summed E-state index contributed by atoms with van der Waals surface area (Å²) >= 11 is 6.01. The average Bonchev–Trinajstić information content (AvgIpc) is 2.35. The Hall–Kier alpha value is -1.26. The highest BCUT2D eigenvalue weighted by molar-refractivity contribution is 6.34. The van der Waals surface area contributed by atoms with Crippen LogP contribution in [0.15, 0.2) is 18.2 Å². The highest BCUT2D eigenvalue weighted by Crippen LogP contribution is 2.28. The van der Waals surface area contributed by atoms with E-state index in [0.717, 1.165) is 12.8 Å². The van der Waals surface area contributed by atoms with Crippen LogP contribution in [0.5, 0.6) is 0 Å². The highest BCUT2D eigenvalue weighted by Gasteiger charge is 2.26. The topological polar surface area (TPSA) is 81.1 Å². The summed E-state index contributed by atoms with van der Waals surface area (Å²) < 4.78 is 0. The van der Waals surface area contributed by atoms with Crippen molar-refractivity contribution in [3.63, 3.8) is 0 Å². The number of nitrogens with one attached hydrogen (secondary N) is 1. The van der Waals surface area contributed by atoms with Crippen molar-refractivity contribution in [2.45, 2.75) is 32.2 Å². The zero-order valence-corrected chi connectivity index (χ0v) is 11.6. The van der Waals surface area contributed by atoms with Gasteiger partial charge in [-0.05, 0) is 25.0 Å². The van der Waals surface area contributed by atoms with Gasteiger partial charge in [-0.2, -0.15) is 0 Å². The predicted octanol–water partition coefficient (Wildman–Crippen LogP) is 2.37. The Morgan fingerprint density at radius 1 is 1.39 bits per heavy atom. The maximum Gasteiger partial charge on any atom is 0.252 e. The summed E-state index contributed by atoms with van der Waals surface area (Å²) in [6.07, 6.45) is 1.70. The molecule has 100 valence electrons. The summed E-state index contributed by atoms with van der Waals surface area (Å²) in [6, 6.07) is 5.22. The average molecular weight is 270 g/mol. The van der Waals surface area contributed by atoms with Crippen molar-refractivity contribution in [3.05, 3.63) is 28.8 Å². The number of nitrogens with two attached hydrogens (primary N) is 2. The number of benzene rings is 1. The van der Waals surface area contributed by atoms with Crippen molar-refractivity contribution in [1.29, 1.82) is 0 Å². The molecule has 0 spiro atoms. The van der Waals surface area contributed by atoms with Crippen LogP contribution in [0.4, 0.5) is 5.69 Å². The number of hydrogen-bond acceptors (Lipinski definition) is 3. The number of carbonyl (C=O) groups is 1. The van der Waals surface area contributed by atoms with Crippen molar-refractivity contribution in [1.82, 2.24) is 0 Å². The molecule has 0 unspecified atom stereocenters. The Morgan fingerprint density at radius 3 is 2.44 bits per heavy atom. The quantitative estimate of drug-likeness (QED) is 0.742. The Morgan fingerprint density at radius 2 is 2.00 bits per heavy atom. The lowest BCUT2D eigenvalue weighted by Gasteiger charge is -2.33. The van der Waals surface area contributed by atoms with Crippen molar-refractivity contribution in [2.24, 2.45) is 11.5 Å². The Labute approximate surface area is 113 Å². The second-order valence-corrected chi connectivity index (χ2v) is 4.75. The van der Waals surface area contributed by atoms with Crippen LogP contribution in [0.2, 0.25) is 5.02 Å². The summed E-state index contributed by atoms with van der Waals surface area (Å²) in [5, 5.41) is 3.67. The van der Waals surface area contributed by atoms with Crippen molar-refractivity contribution < 1.29 is 4.79 Å². The largest absolute Gasteiger partial charge is 0.378 e. The first-order chi connectivity index (χ1) is 8.49. The predicted molar refractivity (Wildman–Crippen MR) is 76.0 cm³/mol. The molecule has 0 bridgehead atoms. The molecule has 0 aliphatic rings. The Bertz CT molecular complexity index is 422. The van der Waals surface area contributed by atoms with E-state index >= 15 is 0 Å². The molecule has 5 N–H and O–H groups in total. The van der Waals surface area contributed by atoms with Crippen LogP contribution in [0.3, 0.4) is 0 Å². The lowest BCUT2D eigenvalue weighted by atomic mass is 9.92. The molecule has 0 atom stereocenters. The number of halogens is 1. The zero-order chi connectivity index (χ0) is 13.8. The first-order valence-electron chi connectivity index (χ1n) is 6.06. The SMILES string of the molecule is CCC(CC)(CN)Nc1cccc(Cl)c1C(N)=O. The molecule has 1 aromatic rings. The van der Waals surface area contributed by atoms with E-state index < -0.39 is 5.91 Å². The minimum atomic E-state index is -0.541. The zero-order valence-electron chi connectivity index (χ0n) is 10.8. The van der Waals surface area contributed by atoms with Crippen LogP contribution in [-0.4, -0.2) is 18.0 Å². The van der Waals surface area contributed by atoms with E-state index in [1.807, 2.05) is 0 Å². The third kappa shape index (κ3) is 2.94. The van der Waals surface area contributed by atoms with E-state index in [-0.39, 0.29) is 5.54 Å². The second kappa shape index (κ2) is 6.07. The summed E-state index contributed by atoms with van der Waals surface area (Å²) in [7, 11) is 0. The van der Waals surface area contributed by atoms with Gasteiger partial charge in [-0.25, -0.2) is 0 Å². The molecule has 0 aliphatic heterocycles. The lowest BCUT2D eigenvalue weighted by Crippen LogP contribution is -2.44. The standard InChI is InChI=1S/C13H20ClN3O/c1-3-13(4-2,8-15)17-10-7-5-6-9(14)11(10)12(16)18/h5-7,17H,3-4,8,15H2,1-2H3,(H2,16,18). The molecule has 0 heterocycles.